The molecule has 1 amide bonds. The second kappa shape index (κ2) is 12.5. The smallest absolute Gasteiger partial charge is 0.284 e. The van der Waals surface area contributed by atoms with Gasteiger partial charge in [-0.2, -0.15) is 4.31 Å². The molecule has 0 aliphatic carbocycles. The second-order valence-corrected chi connectivity index (χ2v) is 9.01. The Hall–Kier alpha value is -1.38. The van der Waals surface area contributed by atoms with Gasteiger partial charge in [0.25, 0.3) is 5.91 Å². The van der Waals surface area contributed by atoms with Crippen molar-refractivity contribution in [2.75, 3.05) is 45.1 Å². The third-order valence-electron chi connectivity index (χ3n) is 4.35. The Bertz CT molecular complexity index is 804. The molecular weight excluding hydrogens is 525 g/mol. The molecule has 0 spiro atoms. The number of amides is 1. The number of sulfonamides is 1. The first-order valence-electron chi connectivity index (χ1n) is 9.74. The van der Waals surface area contributed by atoms with Crippen LogP contribution < -0.4 is 11.1 Å². The van der Waals surface area contributed by atoms with E-state index in [9.17, 15) is 13.2 Å². The molecule has 0 radical (unpaired) electrons. The molecule has 172 valence electrons. The summed E-state index contributed by atoms with van der Waals surface area (Å²) in [6.07, 6.45) is 0.00847. The highest BCUT2D eigenvalue weighted by molar-refractivity contribution is 14.0. The minimum atomic E-state index is -3.34. The van der Waals surface area contributed by atoms with Crippen molar-refractivity contribution in [3.8, 4) is 0 Å². The zero-order chi connectivity index (χ0) is 21.4. The summed E-state index contributed by atoms with van der Waals surface area (Å²) in [4.78, 5) is 17.7. The van der Waals surface area contributed by atoms with E-state index in [-0.39, 0.29) is 54.7 Å². The van der Waals surface area contributed by atoms with Crippen LogP contribution in [0.5, 0.6) is 0 Å². The van der Waals surface area contributed by atoms with E-state index in [0.717, 1.165) is 0 Å². The molecule has 0 saturated carbocycles. The van der Waals surface area contributed by atoms with Crippen LogP contribution in [0.25, 0.3) is 0 Å². The van der Waals surface area contributed by atoms with Gasteiger partial charge < -0.3 is 25.1 Å². The molecule has 0 bridgehead atoms. The first-order valence-corrected chi connectivity index (χ1v) is 11.3. The molecule has 1 aliphatic heterocycles. The summed E-state index contributed by atoms with van der Waals surface area (Å²) in [6, 6.07) is 3.18. The summed E-state index contributed by atoms with van der Waals surface area (Å²) in [7, 11) is -3.34. The maximum absolute atomic E-state index is 12.5. The third kappa shape index (κ3) is 8.04. The Kier molecular flexibility index (Phi) is 11.1. The lowest BCUT2D eigenvalue weighted by Crippen LogP contribution is -2.54. The summed E-state index contributed by atoms with van der Waals surface area (Å²) in [5.41, 5.74) is 5.19. The van der Waals surface area contributed by atoms with Crippen LogP contribution in [0.2, 0.25) is 0 Å². The first kappa shape index (κ1) is 26.7. The monoisotopic (exact) mass is 557 g/mol. The molecule has 30 heavy (non-hydrogen) atoms. The number of aliphatic imine (C=N–C) groups is 1. The van der Waals surface area contributed by atoms with Crippen LogP contribution in [0.4, 0.5) is 0 Å². The summed E-state index contributed by atoms with van der Waals surface area (Å²) < 4.78 is 37.2. The standard InChI is InChI=1S/C18H31N5O5S.HI/c1-4-20-18(21-13-15-5-6-16(28-15)17(19)24)22-7-9-23(10-8-22)29(25,26)12-11-27-14(2)3;/h5-6,14H,4,7-13H2,1-3H3,(H2,19,24)(H,20,21);1H. The number of hydrogen-bond acceptors (Lipinski definition) is 6. The molecule has 0 unspecified atom stereocenters. The molecule has 10 nitrogen and oxygen atoms in total. The summed E-state index contributed by atoms with van der Waals surface area (Å²) in [5.74, 6) is 0.661. The van der Waals surface area contributed by atoms with Crippen molar-refractivity contribution in [2.45, 2.75) is 33.4 Å². The maximum Gasteiger partial charge on any atom is 0.284 e. The van der Waals surface area contributed by atoms with Crippen LogP contribution in [0.15, 0.2) is 21.5 Å². The number of nitrogens with two attached hydrogens (primary N) is 1. The van der Waals surface area contributed by atoms with Gasteiger partial charge >= 0.3 is 0 Å². The molecule has 1 fully saturated rings. The molecule has 1 aliphatic rings. The summed E-state index contributed by atoms with van der Waals surface area (Å²) >= 11 is 0. The van der Waals surface area contributed by atoms with Gasteiger partial charge in [-0.15, -0.1) is 24.0 Å². The number of hydrogen-bond donors (Lipinski definition) is 2. The number of guanidine groups is 1. The van der Waals surface area contributed by atoms with Crippen molar-refractivity contribution < 1.29 is 22.4 Å². The van der Waals surface area contributed by atoms with E-state index in [1.54, 1.807) is 6.07 Å². The average molecular weight is 557 g/mol. The molecule has 0 aromatic carbocycles. The average Bonchev–Trinajstić information content (AvgIpc) is 3.14. The quantitative estimate of drug-likeness (QED) is 0.261. The Morgan fingerprint density at radius 1 is 1.30 bits per heavy atom. The highest BCUT2D eigenvalue weighted by Gasteiger charge is 2.28. The molecular formula is C18H32IN5O5S. The Labute approximate surface area is 195 Å². The minimum absolute atomic E-state index is 0. The van der Waals surface area contributed by atoms with Gasteiger partial charge in [0, 0.05) is 32.7 Å². The predicted molar refractivity (Wildman–Crippen MR) is 125 cm³/mol. The van der Waals surface area contributed by atoms with Gasteiger partial charge in [0.15, 0.2) is 11.7 Å². The van der Waals surface area contributed by atoms with Crippen molar-refractivity contribution in [1.82, 2.24) is 14.5 Å². The highest BCUT2D eigenvalue weighted by Crippen LogP contribution is 2.11. The van der Waals surface area contributed by atoms with E-state index in [4.69, 9.17) is 14.9 Å². The lowest BCUT2D eigenvalue weighted by Gasteiger charge is -2.35. The molecule has 2 rings (SSSR count). The molecule has 12 heteroatoms. The van der Waals surface area contributed by atoms with Gasteiger partial charge in [-0.3, -0.25) is 4.79 Å². The number of primary amides is 1. The van der Waals surface area contributed by atoms with Gasteiger partial charge in [0.2, 0.25) is 10.0 Å². The number of piperazine rings is 1. The van der Waals surface area contributed by atoms with E-state index >= 15 is 0 Å². The predicted octanol–water partition coefficient (Wildman–Crippen LogP) is 0.834. The Morgan fingerprint density at radius 3 is 2.50 bits per heavy atom. The van der Waals surface area contributed by atoms with Gasteiger partial charge in [-0.1, -0.05) is 0 Å². The molecule has 1 aromatic rings. The zero-order valence-corrected chi connectivity index (χ0v) is 20.8. The van der Waals surface area contributed by atoms with E-state index in [1.807, 2.05) is 25.7 Å². The molecule has 1 aromatic heterocycles. The number of halogens is 1. The number of carbonyl (C=O) groups excluding carboxylic acids is 1. The molecule has 1 saturated heterocycles. The number of rotatable bonds is 9. The number of nitrogens with zero attached hydrogens (tertiary/aromatic N) is 3. The second-order valence-electron chi connectivity index (χ2n) is 6.92. The fourth-order valence-electron chi connectivity index (χ4n) is 2.87. The van der Waals surface area contributed by atoms with Crippen molar-refractivity contribution in [3.05, 3.63) is 23.7 Å². The van der Waals surface area contributed by atoms with Crippen LogP contribution in [0.3, 0.4) is 0 Å². The van der Waals surface area contributed by atoms with Crippen LogP contribution >= 0.6 is 24.0 Å². The maximum atomic E-state index is 12.5. The van der Waals surface area contributed by atoms with Crippen molar-refractivity contribution in [3.63, 3.8) is 0 Å². The van der Waals surface area contributed by atoms with Crippen LogP contribution in [0.1, 0.15) is 37.1 Å². The van der Waals surface area contributed by atoms with Crippen molar-refractivity contribution >= 4 is 45.9 Å². The van der Waals surface area contributed by atoms with E-state index in [2.05, 4.69) is 10.3 Å². The normalized spacial score (nSPS) is 15.9. The third-order valence-corrected chi connectivity index (χ3v) is 6.18. The van der Waals surface area contributed by atoms with Gasteiger partial charge in [0.05, 0.1) is 18.5 Å². The zero-order valence-electron chi connectivity index (χ0n) is 17.7. The summed E-state index contributed by atoms with van der Waals surface area (Å²) in [5, 5.41) is 3.21. The van der Waals surface area contributed by atoms with Gasteiger partial charge in [0.1, 0.15) is 12.3 Å². The SMILES string of the molecule is CCNC(=NCc1ccc(C(N)=O)o1)N1CCN(S(=O)(=O)CCOC(C)C)CC1.I. The summed E-state index contributed by atoms with van der Waals surface area (Å²) in [6.45, 7) is 8.68. The van der Waals surface area contributed by atoms with E-state index < -0.39 is 15.9 Å². The largest absolute Gasteiger partial charge is 0.454 e. The first-order chi connectivity index (χ1) is 13.7. The lowest BCUT2D eigenvalue weighted by atomic mass is 10.4. The van der Waals surface area contributed by atoms with E-state index in [0.29, 0.717) is 44.4 Å². The molecule has 2 heterocycles. The van der Waals surface area contributed by atoms with Crippen molar-refractivity contribution in [1.29, 1.82) is 0 Å². The lowest BCUT2D eigenvalue weighted by molar-refractivity contribution is 0.0904. The number of nitrogens with one attached hydrogen (secondary N) is 1. The minimum Gasteiger partial charge on any atom is -0.454 e. The van der Waals surface area contributed by atoms with Crippen LogP contribution in [-0.2, 0) is 21.3 Å². The molecule has 3 N–H and O–H groups in total. The molecule has 0 atom stereocenters. The Morgan fingerprint density at radius 2 is 1.97 bits per heavy atom. The number of carbonyl (C=O) groups is 1. The fraction of sp³-hybridized carbons (Fsp3) is 0.667. The number of ether oxygens (including phenoxy) is 1. The number of furan rings is 1. The fourth-order valence-corrected chi connectivity index (χ4v) is 4.15. The van der Waals surface area contributed by atoms with Crippen LogP contribution in [0, 0.1) is 0 Å². The highest BCUT2D eigenvalue weighted by atomic mass is 127. The van der Waals surface area contributed by atoms with Crippen LogP contribution in [-0.4, -0.2) is 80.7 Å². The van der Waals surface area contributed by atoms with E-state index in [1.165, 1.54) is 10.4 Å². The van der Waals surface area contributed by atoms with Gasteiger partial charge in [-0.25, -0.2) is 13.4 Å². The topological polar surface area (TPSA) is 130 Å². The van der Waals surface area contributed by atoms with Gasteiger partial charge in [-0.05, 0) is 32.9 Å². The Balaban J connectivity index is 0.00000450. The van der Waals surface area contributed by atoms with Crippen molar-refractivity contribution in [2.24, 2.45) is 10.7 Å².